The van der Waals surface area contributed by atoms with Gasteiger partial charge in [0.2, 0.25) is 0 Å². The highest BCUT2D eigenvalue weighted by atomic mass is 35.5. The third kappa shape index (κ3) is 4.05. The minimum atomic E-state index is -0.0430. The van der Waals surface area contributed by atoms with E-state index in [0.717, 1.165) is 36.6 Å². The van der Waals surface area contributed by atoms with Crippen molar-refractivity contribution in [3.05, 3.63) is 53.1 Å². The molecule has 3 rings (SSSR count). The molecule has 6 heteroatoms. The van der Waals surface area contributed by atoms with Gasteiger partial charge in [0.05, 0.1) is 12.8 Å². The number of rotatable bonds is 5. The third-order valence-electron chi connectivity index (χ3n) is 4.63. The number of nitrogens with zero attached hydrogens (tertiary/aromatic N) is 2. The van der Waals surface area contributed by atoms with Crippen LogP contribution in [0.25, 0.3) is 0 Å². The summed E-state index contributed by atoms with van der Waals surface area (Å²) in [5.74, 6) is 0.749. The molecule has 1 N–H and O–H groups in total. The fraction of sp³-hybridized carbons (Fsp3) is 0.350. The molecule has 1 atom stereocenters. The van der Waals surface area contributed by atoms with E-state index in [-0.39, 0.29) is 11.9 Å². The summed E-state index contributed by atoms with van der Waals surface area (Å²) in [6.45, 7) is 1.58. The predicted octanol–water partition coefficient (Wildman–Crippen LogP) is 3.42. The Kier molecular flexibility index (Phi) is 5.57. The van der Waals surface area contributed by atoms with Crippen LogP contribution in [-0.2, 0) is 0 Å². The smallest absolute Gasteiger partial charge is 0.251 e. The second-order valence-electron chi connectivity index (χ2n) is 6.67. The Hall–Kier alpha value is -2.40. The molecule has 1 fully saturated rings. The maximum atomic E-state index is 12.6. The van der Waals surface area contributed by atoms with Gasteiger partial charge in [0.25, 0.3) is 5.91 Å². The Morgan fingerprint density at radius 1 is 1.27 bits per heavy atom. The molecule has 0 aromatic heterocycles. The summed E-state index contributed by atoms with van der Waals surface area (Å²) in [6.07, 6.45) is 0.884. The summed E-state index contributed by atoms with van der Waals surface area (Å²) in [5, 5.41) is 3.82. The maximum Gasteiger partial charge on any atom is 0.251 e. The molecular weight excluding hydrogens is 350 g/mol. The molecule has 1 aliphatic heterocycles. The highest BCUT2D eigenvalue weighted by Gasteiger charge is 2.26. The monoisotopic (exact) mass is 373 g/mol. The lowest BCUT2D eigenvalue weighted by atomic mass is 10.1. The number of benzene rings is 2. The number of amides is 1. The summed E-state index contributed by atoms with van der Waals surface area (Å²) in [6, 6.07) is 13.3. The fourth-order valence-corrected chi connectivity index (χ4v) is 3.37. The van der Waals surface area contributed by atoms with Gasteiger partial charge in [-0.1, -0.05) is 17.7 Å². The van der Waals surface area contributed by atoms with E-state index < -0.39 is 0 Å². The Bertz CT molecular complexity index is 794. The second-order valence-corrected chi connectivity index (χ2v) is 7.10. The Balaban J connectivity index is 1.67. The normalized spacial score (nSPS) is 16.5. The summed E-state index contributed by atoms with van der Waals surface area (Å²) in [7, 11) is 5.58. The summed E-state index contributed by atoms with van der Waals surface area (Å²) in [5.41, 5.74) is 2.65. The summed E-state index contributed by atoms with van der Waals surface area (Å²) in [4.78, 5) is 16.8. The first-order valence-corrected chi connectivity index (χ1v) is 9.02. The first-order chi connectivity index (χ1) is 12.5. The molecule has 5 nitrogen and oxygen atoms in total. The van der Waals surface area contributed by atoms with E-state index in [1.807, 2.05) is 61.5 Å². The number of hydrogen-bond donors (Lipinski definition) is 1. The van der Waals surface area contributed by atoms with Gasteiger partial charge in [0.15, 0.2) is 0 Å². The fourth-order valence-electron chi connectivity index (χ4n) is 3.20. The molecule has 1 aliphatic rings. The SMILES string of the molecule is COc1ccc(Cl)cc1N1CCC(NC(=O)c2cccc(N(C)C)c2)C1. The molecular formula is C20H24ClN3O2. The summed E-state index contributed by atoms with van der Waals surface area (Å²) >= 11 is 6.14. The van der Waals surface area contributed by atoms with Crippen molar-refractivity contribution in [2.24, 2.45) is 0 Å². The van der Waals surface area contributed by atoms with Crippen LogP contribution in [0.5, 0.6) is 5.75 Å². The molecule has 1 heterocycles. The number of carbonyl (C=O) groups is 1. The number of nitrogens with one attached hydrogen (secondary N) is 1. The molecule has 138 valence electrons. The van der Waals surface area contributed by atoms with Crippen LogP contribution in [-0.4, -0.2) is 46.2 Å². The number of hydrogen-bond acceptors (Lipinski definition) is 4. The van der Waals surface area contributed by atoms with Crippen molar-refractivity contribution in [3.8, 4) is 5.75 Å². The van der Waals surface area contributed by atoms with E-state index in [1.54, 1.807) is 7.11 Å². The topological polar surface area (TPSA) is 44.8 Å². The van der Waals surface area contributed by atoms with E-state index in [9.17, 15) is 4.79 Å². The van der Waals surface area contributed by atoms with Gasteiger partial charge in [-0.15, -0.1) is 0 Å². The quantitative estimate of drug-likeness (QED) is 0.872. The van der Waals surface area contributed by atoms with Crippen molar-refractivity contribution in [2.75, 3.05) is 44.1 Å². The van der Waals surface area contributed by atoms with Crippen molar-refractivity contribution in [1.29, 1.82) is 0 Å². The highest BCUT2D eigenvalue weighted by Crippen LogP contribution is 2.33. The van der Waals surface area contributed by atoms with Crippen LogP contribution in [0.3, 0.4) is 0 Å². The number of methoxy groups -OCH3 is 1. The molecule has 2 aromatic rings. The van der Waals surface area contributed by atoms with Gasteiger partial charge in [0.1, 0.15) is 5.75 Å². The van der Waals surface area contributed by atoms with Gasteiger partial charge in [-0.05, 0) is 42.8 Å². The zero-order chi connectivity index (χ0) is 18.7. The predicted molar refractivity (Wildman–Crippen MR) is 107 cm³/mol. The Labute approximate surface area is 159 Å². The van der Waals surface area contributed by atoms with E-state index in [0.29, 0.717) is 10.6 Å². The number of halogens is 1. The largest absolute Gasteiger partial charge is 0.495 e. The lowest BCUT2D eigenvalue weighted by Crippen LogP contribution is -2.37. The van der Waals surface area contributed by atoms with E-state index >= 15 is 0 Å². The van der Waals surface area contributed by atoms with Crippen molar-refractivity contribution in [3.63, 3.8) is 0 Å². The first kappa shape index (κ1) is 18.4. The molecule has 0 bridgehead atoms. The van der Waals surface area contributed by atoms with Crippen LogP contribution in [0.2, 0.25) is 5.02 Å². The zero-order valence-corrected chi connectivity index (χ0v) is 16.1. The molecule has 2 aromatic carbocycles. The standard InChI is InChI=1S/C20H24ClN3O2/c1-23(2)17-6-4-5-14(11-17)20(25)22-16-9-10-24(13-16)18-12-15(21)7-8-19(18)26-3/h4-8,11-12,16H,9-10,13H2,1-3H3,(H,22,25). The molecule has 0 radical (unpaired) electrons. The van der Waals surface area contributed by atoms with Crippen molar-refractivity contribution in [1.82, 2.24) is 5.32 Å². The number of carbonyl (C=O) groups excluding carboxylic acids is 1. The van der Waals surface area contributed by atoms with Crippen molar-refractivity contribution < 1.29 is 9.53 Å². The molecule has 0 spiro atoms. The molecule has 1 amide bonds. The molecule has 0 saturated carbocycles. The minimum Gasteiger partial charge on any atom is -0.495 e. The van der Waals surface area contributed by atoms with Crippen LogP contribution >= 0.6 is 11.6 Å². The van der Waals surface area contributed by atoms with Crippen LogP contribution in [0.1, 0.15) is 16.8 Å². The van der Waals surface area contributed by atoms with Crippen LogP contribution in [0.15, 0.2) is 42.5 Å². The van der Waals surface area contributed by atoms with Crippen molar-refractivity contribution in [2.45, 2.75) is 12.5 Å². The third-order valence-corrected chi connectivity index (χ3v) is 4.86. The lowest BCUT2D eigenvalue weighted by molar-refractivity contribution is 0.0940. The maximum absolute atomic E-state index is 12.6. The molecule has 1 unspecified atom stereocenters. The minimum absolute atomic E-state index is 0.0430. The van der Waals surface area contributed by atoms with Crippen LogP contribution in [0, 0.1) is 0 Å². The first-order valence-electron chi connectivity index (χ1n) is 8.64. The lowest BCUT2D eigenvalue weighted by Gasteiger charge is -2.22. The van der Waals surface area contributed by atoms with Gasteiger partial charge in [-0.25, -0.2) is 0 Å². The number of ether oxygens (including phenoxy) is 1. The van der Waals surface area contributed by atoms with Crippen LogP contribution in [0.4, 0.5) is 11.4 Å². The van der Waals surface area contributed by atoms with Crippen molar-refractivity contribution >= 4 is 28.9 Å². The molecule has 0 aliphatic carbocycles. The average Bonchev–Trinajstić information content (AvgIpc) is 3.10. The van der Waals surface area contributed by atoms with Gasteiger partial charge >= 0.3 is 0 Å². The van der Waals surface area contributed by atoms with E-state index in [2.05, 4.69) is 10.2 Å². The number of anilines is 2. The average molecular weight is 374 g/mol. The van der Waals surface area contributed by atoms with Gasteiger partial charge in [-0.3, -0.25) is 4.79 Å². The Morgan fingerprint density at radius 3 is 2.81 bits per heavy atom. The van der Waals surface area contributed by atoms with Gasteiger partial charge < -0.3 is 19.9 Å². The zero-order valence-electron chi connectivity index (χ0n) is 15.3. The summed E-state index contributed by atoms with van der Waals surface area (Å²) < 4.78 is 5.44. The van der Waals surface area contributed by atoms with Crippen LogP contribution < -0.4 is 19.9 Å². The van der Waals surface area contributed by atoms with E-state index in [4.69, 9.17) is 16.3 Å². The molecule has 1 saturated heterocycles. The van der Waals surface area contributed by atoms with E-state index in [1.165, 1.54) is 0 Å². The Morgan fingerprint density at radius 2 is 2.08 bits per heavy atom. The van der Waals surface area contributed by atoms with Gasteiger partial charge in [0, 0.05) is 49.5 Å². The molecule has 26 heavy (non-hydrogen) atoms. The second kappa shape index (κ2) is 7.87. The highest BCUT2D eigenvalue weighted by molar-refractivity contribution is 6.30. The van der Waals surface area contributed by atoms with Gasteiger partial charge in [-0.2, -0.15) is 0 Å².